The third kappa shape index (κ3) is 5.40. The molecule has 2 aliphatic heterocycles. The van der Waals surface area contributed by atoms with E-state index in [0.717, 1.165) is 6.42 Å². The van der Waals surface area contributed by atoms with Gasteiger partial charge in [-0.05, 0) is 12.3 Å². The Kier molecular flexibility index (Phi) is 6.64. The highest BCUT2D eigenvalue weighted by Gasteiger charge is 2.40. The van der Waals surface area contributed by atoms with E-state index in [9.17, 15) is 13.2 Å². The van der Waals surface area contributed by atoms with Gasteiger partial charge in [-0.1, -0.05) is 13.8 Å². The molecule has 1 spiro atoms. The van der Waals surface area contributed by atoms with E-state index < -0.39 is 15.8 Å². The van der Waals surface area contributed by atoms with Crippen molar-refractivity contribution in [2.75, 3.05) is 45.6 Å². The molecule has 2 fully saturated rings. The third-order valence-corrected chi connectivity index (χ3v) is 5.99. The van der Waals surface area contributed by atoms with E-state index in [1.165, 1.54) is 10.6 Å². The third-order valence-electron chi connectivity index (χ3n) is 4.69. The zero-order valence-electron chi connectivity index (χ0n) is 15.0. The fourth-order valence-corrected chi connectivity index (χ4v) is 3.97. The summed E-state index contributed by atoms with van der Waals surface area (Å²) in [5.74, 6) is -0.0667. The van der Waals surface area contributed by atoms with E-state index in [1.807, 2.05) is 0 Å². The number of piperidine rings is 1. The van der Waals surface area contributed by atoms with Crippen LogP contribution in [0.25, 0.3) is 0 Å². The summed E-state index contributed by atoms with van der Waals surface area (Å²) in [6.45, 7) is 7.27. The van der Waals surface area contributed by atoms with Gasteiger partial charge in [-0.15, -0.1) is 0 Å². The second-order valence-electron chi connectivity index (χ2n) is 7.08. The highest BCUT2D eigenvalue weighted by Crippen LogP contribution is 2.31. The quantitative estimate of drug-likeness (QED) is 0.677. The van der Waals surface area contributed by atoms with Crippen LogP contribution in [-0.2, 0) is 24.3 Å². The molecule has 0 aromatic rings. The van der Waals surface area contributed by atoms with Crippen molar-refractivity contribution in [1.82, 2.24) is 9.21 Å². The summed E-state index contributed by atoms with van der Waals surface area (Å²) in [5.41, 5.74) is 0. The van der Waals surface area contributed by atoms with E-state index in [-0.39, 0.29) is 18.9 Å². The van der Waals surface area contributed by atoms with E-state index in [0.29, 0.717) is 51.6 Å². The van der Waals surface area contributed by atoms with E-state index in [2.05, 4.69) is 13.8 Å². The minimum atomic E-state index is -3.28. The lowest BCUT2D eigenvalue weighted by atomic mass is 10.0. The van der Waals surface area contributed by atoms with Crippen LogP contribution in [0, 0.1) is 5.92 Å². The number of hydrogen-bond donors (Lipinski definition) is 0. The van der Waals surface area contributed by atoms with E-state index in [1.54, 1.807) is 4.90 Å². The lowest BCUT2D eigenvalue weighted by Gasteiger charge is -2.37. The maximum absolute atomic E-state index is 12.4. The molecule has 0 aromatic heterocycles. The van der Waals surface area contributed by atoms with Gasteiger partial charge in [0.1, 0.15) is 0 Å². The molecule has 8 heteroatoms. The molecular weight excluding hydrogens is 332 g/mol. The summed E-state index contributed by atoms with van der Waals surface area (Å²) in [7, 11) is -3.28. The van der Waals surface area contributed by atoms with Crippen molar-refractivity contribution in [3.63, 3.8) is 0 Å². The first-order valence-electron chi connectivity index (χ1n) is 8.73. The maximum Gasteiger partial charge on any atom is 0.223 e. The van der Waals surface area contributed by atoms with Gasteiger partial charge in [0.15, 0.2) is 5.79 Å². The summed E-state index contributed by atoms with van der Waals surface area (Å²) in [5, 5.41) is 0. The molecule has 0 unspecified atom stereocenters. The van der Waals surface area contributed by atoms with Crippen molar-refractivity contribution in [1.29, 1.82) is 0 Å². The molecule has 2 rings (SSSR count). The Morgan fingerprint density at radius 3 is 2.25 bits per heavy atom. The standard InChI is InChI=1S/C16H30N2O5S/c1-14(2)4-8-18(24(3,20)21)9-5-15(19)17-10-6-16(7-11-17)22-12-13-23-16/h14H,4-13H2,1-3H3. The fourth-order valence-electron chi connectivity index (χ4n) is 3.11. The number of carbonyl (C=O) groups is 1. The molecule has 2 aliphatic rings. The number of hydrogen-bond acceptors (Lipinski definition) is 5. The van der Waals surface area contributed by atoms with Gasteiger partial charge in [0.2, 0.25) is 15.9 Å². The van der Waals surface area contributed by atoms with Gasteiger partial charge in [-0.3, -0.25) is 4.79 Å². The number of rotatable bonds is 7. The molecule has 2 heterocycles. The van der Waals surface area contributed by atoms with Crippen LogP contribution in [0.2, 0.25) is 0 Å². The van der Waals surface area contributed by atoms with Gasteiger partial charge in [-0.25, -0.2) is 12.7 Å². The number of nitrogens with zero attached hydrogens (tertiary/aromatic N) is 2. The van der Waals surface area contributed by atoms with Crippen LogP contribution in [0.4, 0.5) is 0 Å². The van der Waals surface area contributed by atoms with Gasteiger partial charge in [0.05, 0.1) is 19.5 Å². The number of carbonyl (C=O) groups excluding carboxylic acids is 1. The molecule has 1 amide bonds. The lowest BCUT2D eigenvalue weighted by Crippen LogP contribution is -2.48. The molecule has 0 bridgehead atoms. The highest BCUT2D eigenvalue weighted by molar-refractivity contribution is 7.88. The Balaban J connectivity index is 1.80. The minimum absolute atomic E-state index is 0.000967. The van der Waals surface area contributed by atoms with Crippen LogP contribution >= 0.6 is 0 Å². The molecule has 2 saturated heterocycles. The van der Waals surface area contributed by atoms with Crippen molar-refractivity contribution < 1.29 is 22.7 Å². The first kappa shape index (κ1) is 19.6. The molecule has 0 aliphatic carbocycles. The molecule has 24 heavy (non-hydrogen) atoms. The fraction of sp³-hybridized carbons (Fsp3) is 0.938. The van der Waals surface area contributed by atoms with Gasteiger partial charge in [0, 0.05) is 45.4 Å². The molecule has 0 atom stereocenters. The number of likely N-dealkylation sites (tertiary alicyclic amines) is 1. The Morgan fingerprint density at radius 1 is 1.17 bits per heavy atom. The number of amides is 1. The summed E-state index contributed by atoms with van der Waals surface area (Å²) in [6, 6.07) is 0. The Labute approximate surface area is 145 Å². The van der Waals surface area contributed by atoms with Crippen LogP contribution in [-0.4, -0.2) is 75.0 Å². The van der Waals surface area contributed by atoms with Gasteiger partial charge in [0.25, 0.3) is 0 Å². The lowest BCUT2D eigenvalue weighted by molar-refractivity contribution is -0.187. The van der Waals surface area contributed by atoms with Gasteiger partial charge < -0.3 is 14.4 Å². The first-order chi connectivity index (χ1) is 11.2. The zero-order chi connectivity index (χ0) is 17.8. The van der Waals surface area contributed by atoms with Crippen molar-refractivity contribution in [2.24, 2.45) is 5.92 Å². The normalized spacial score (nSPS) is 21.1. The molecule has 0 saturated carbocycles. The van der Waals surface area contributed by atoms with Gasteiger partial charge >= 0.3 is 0 Å². The molecule has 0 N–H and O–H groups in total. The molecule has 7 nitrogen and oxygen atoms in total. The smallest absolute Gasteiger partial charge is 0.223 e. The summed E-state index contributed by atoms with van der Waals surface area (Å²) in [6.07, 6.45) is 3.59. The van der Waals surface area contributed by atoms with E-state index in [4.69, 9.17) is 9.47 Å². The largest absolute Gasteiger partial charge is 0.347 e. The Morgan fingerprint density at radius 2 is 1.75 bits per heavy atom. The van der Waals surface area contributed by atoms with Crippen LogP contribution in [0.1, 0.15) is 39.5 Å². The Bertz CT molecular complexity index is 519. The minimum Gasteiger partial charge on any atom is -0.347 e. The van der Waals surface area contributed by atoms with Crippen molar-refractivity contribution in [2.45, 2.75) is 45.3 Å². The first-order valence-corrected chi connectivity index (χ1v) is 10.6. The van der Waals surface area contributed by atoms with Crippen LogP contribution in [0.15, 0.2) is 0 Å². The summed E-state index contributed by atoms with van der Waals surface area (Å²) < 4.78 is 36.5. The number of sulfonamides is 1. The molecule has 140 valence electrons. The topological polar surface area (TPSA) is 76.2 Å². The Hall–Kier alpha value is -0.700. The van der Waals surface area contributed by atoms with Gasteiger partial charge in [-0.2, -0.15) is 0 Å². The maximum atomic E-state index is 12.4. The van der Waals surface area contributed by atoms with E-state index >= 15 is 0 Å². The van der Waals surface area contributed by atoms with Crippen molar-refractivity contribution in [3.8, 4) is 0 Å². The van der Waals surface area contributed by atoms with Crippen molar-refractivity contribution >= 4 is 15.9 Å². The second-order valence-corrected chi connectivity index (χ2v) is 9.07. The average molecular weight is 362 g/mol. The monoisotopic (exact) mass is 362 g/mol. The second kappa shape index (κ2) is 8.12. The van der Waals surface area contributed by atoms with Crippen LogP contribution < -0.4 is 0 Å². The zero-order valence-corrected chi connectivity index (χ0v) is 15.8. The van der Waals surface area contributed by atoms with Crippen LogP contribution in [0.5, 0.6) is 0 Å². The van der Waals surface area contributed by atoms with Crippen LogP contribution in [0.3, 0.4) is 0 Å². The predicted molar refractivity (Wildman–Crippen MR) is 90.9 cm³/mol. The SMILES string of the molecule is CC(C)CCN(CCC(=O)N1CCC2(CC1)OCCO2)S(C)(=O)=O. The summed E-state index contributed by atoms with van der Waals surface area (Å²) >= 11 is 0. The number of ether oxygens (including phenoxy) is 2. The molecule has 0 radical (unpaired) electrons. The summed E-state index contributed by atoms with van der Waals surface area (Å²) in [4.78, 5) is 14.2. The average Bonchev–Trinajstić information content (AvgIpc) is 2.94. The predicted octanol–water partition coefficient (Wildman–Crippen LogP) is 1.05. The molecule has 0 aromatic carbocycles. The van der Waals surface area contributed by atoms with Crippen molar-refractivity contribution in [3.05, 3.63) is 0 Å². The molecular formula is C16H30N2O5S. The highest BCUT2D eigenvalue weighted by atomic mass is 32.2.